The summed E-state index contributed by atoms with van der Waals surface area (Å²) in [6.07, 6.45) is 1.10. The fourth-order valence-corrected chi connectivity index (χ4v) is 4.98. The lowest BCUT2D eigenvalue weighted by molar-refractivity contribution is -0.139. The molecule has 4 rings (SSSR count). The van der Waals surface area contributed by atoms with E-state index in [1.807, 2.05) is 25.1 Å². The van der Waals surface area contributed by atoms with Gasteiger partial charge in [0, 0.05) is 38.1 Å². The third kappa shape index (κ3) is 4.50. The lowest BCUT2D eigenvalue weighted by Gasteiger charge is -2.36. The number of carbonyl (C=O) groups is 3. The topological polar surface area (TPSA) is 107 Å². The summed E-state index contributed by atoms with van der Waals surface area (Å²) in [4.78, 5) is 43.6. The second-order valence-corrected chi connectivity index (χ2v) is 11.0. The van der Waals surface area contributed by atoms with Gasteiger partial charge >= 0.3 is 6.03 Å². The van der Waals surface area contributed by atoms with E-state index >= 15 is 0 Å². The van der Waals surface area contributed by atoms with Gasteiger partial charge in [-0.1, -0.05) is 24.3 Å². The standard InChI is InChI=1S/C24H28N4O5S/c1-17-5-4-6-19(15-17)26-11-13-27(14-12-26)21(29)16-28-22(30)24(2,25-23(28)31)18-7-9-20(10-8-18)34(3,32)33/h4-10,15H,11-14,16H2,1-3H3,(H,25,31). The second-order valence-electron chi connectivity index (χ2n) is 8.95. The number of nitrogens with one attached hydrogen (secondary N) is 1. The van der Waals surface area contributed by atoms with E-state index < -0.39 is 27.3 Å². The molecule has 2 aromatic carbocycles. The Bertz CT molecular complexity index is 1240. The molecule has 2 saturated heterocycles. The van der Waals surface area contributed by atoms with Gasteiger partial charge in [0.15, 0.2) is 9.84 Å². The molecule has 4 amide bonds. The van der Waals surface area contributed by atoms with Crippen molar-refractivity contribution in [2.24, 2.45) is 0 Å². The molecule has 34 heavy (non-hydrogen) atoms. The smallest absolute Gasteiger partial charge is 0.325 e. The third-order valence-corrected chi connectivity index (χ3v) is 7.56. The number of imide groups is 1. The van der Waals surface area contributed by atoms with Crippen LogP contribution in [0.2, 0.25) is 0 Å². The highest BCUT2D eigenvalue weighted by molar-refractivity contribution is 7.90. The Morgan fingerprint density at radius 2 is 1.68 bits per heavy atom. The highest BCUT2D eigenvalue weighted by Crippen LogP contribution is 2.29. The van der Waals surface area contributed by atoms with Crippen LogP contribution in [-0.2, 0) is 25.0 Å². The predicted octanol–water partition coefficient (Wildman–Crippen LogP) is 1.51. The molecule has 0 radical (unpaired) electrons. The molecule has 1 unspecified atom stereocenters. The summed E-state index contributed by atoms with van der Waals surface area (Å²) in [6, 6.07) is 13.4. The minimum atomic E-state index is -3.39. The molecule has 0 aliphatic carbocycles. The van der Waals surface area contributed by atoms with Crippen LogP contribution in [0.5, 0.6) is 0 Å². The van der Waals surface area contributed by atoms with E-state index in [1.165, 1.54) is 29.8 Å². The highest BCUT2D eigenvalue weighted by atomic mass is 32.2. The number of rotatable bonds is 5. The molecule has 9 nitrogen and oxygen atoms in total. The van der Waals surface area contributed by atoms with Gasteiger partial charge in [-0.3, -0.25) is 14.5 Å². The van der Waals surface area contributed by atoms with Gasteiger partial charge in [-0.2, -0.15) is 0 Å². The van der Waals surface area contributed by atoms with Crippen molar-refractivity contribution in [1.29, 1.82) is 0 Å². The quantitative estimate of drug-likeness (QED) is 0.645. The Labute approximate surface area is 199 Å². The monoisotopic (exact) mass is 484 g/mol. The molecule has 1 atom stereocenters. The largest absolute Gasteiger partial charge is 0.368 e. The Hall–Kier alpha value is -3.40. The zero-order valence-corrected chi connectivity index (χ0v) is 20.3. The predicted molar refractivity (Wildman–Crippen MR) is 127 cm³/mol. The summed E-state index contributed by atoms with van der Waals surface area (Å²) in [6.45, 7) is 5.58. The van der Waals surface area contributed by atoms with E-state index in [9.17, 15) is 22.8 Å². The van der Waals surface area contributed by atoms with E-state index in [2.05, 4.69) is 16.3 Å². The van der Waals surface area contributed by atoms with Crippen molar-refractivity contribution in [3.8, 4) is 0 Å². The molecule has 2 heterocycles. The number of benzene rings is 2. The van der Waals surface area contributed by atoms with Gasteiger partial charge in [0.2, 0.25) is 5.91 Å². The number of carbonyl (C=O) groups excluding carboxylic acids is 3. The molecule has 2 aliphatic heterocycles. The van der Waals surface area contributed by atoms with Crippen LogP contribution in [0.15, 0.2) is 53.4 Å². The number of urea groups is 1. The number of hydrogen-bond donors (Lipinski definition) is 1. The first-order valence-corrected chi connectivity index (χ1v) is 12.9. The Morgan fingerprint density at radius 3 is 2.26 bits per heavy atom. The fraction of sp³-hybridized carbons (Fsp3) is 0.375. The van der Waals surface area contributed by atoms with Crippen LogP contribution in [0.4, 0.5) is 10.5 Å². The highest BCUT2D eigenvalue weighted by Gasteiger charge is 2.49. The minimum Gasteiger partial charge on any atom is -0.368 e. The van der Waals surface area contributed by atoms with Crippen molar-refractivity contribution in [2.45, 2.75) is 24.3 Å². The molecule has 180 valence electrons. The minimum absolute atomic E-state index is 0.119. The van der Waals surface area contributed by atoms with Crippen LogP contribution >= 0.6 is 0 Å². The van der Waals surface area contributed by atoms with E-state index in [0.29, 0.717) is 31.7 Å². The van der Waals surface area contributed by atoms with Crippen molar-refractivity contribution >= 4 is 33.4 Å². The van der Waals surface area contributed by atoms with Crippen LogP contribution in [0, 0.1) is 6.92 Å². The summed E-state index contributed by atoms with van der Waals surface area (Å²) in [7, 11) is -3.39. The lowest BCUT2D eigenvalue weighted by atomic mass is 9.92. The van der Waals surface area contributed by atoms with Crippen LogP contribution in [-0.4, -0.2) is 75.0 Å². The number of aryl methyl sites for hydroxylation is 1. The number of hydrogen-bond acceptors (Lipinski definition) is 6. The van der Waals surface area contributed by atoms with E-state index in [0.717, 1.165) is 16.8 Å². The van der Waals surface area contributed by atoms with Crippen molar-refractivity contribution in [1.82, 2.24) is 15.1 Å². The summed E-state index contributed by atoms with van der Waals surface area (Å²) in [5.74, 6) is -0.833. The van der Waals surface area contributed by atoms with E-state index in [4.69, 9.17) is 0 Å². The Balaban J connectivity index is 1.41. The average Bonchev–Trinajstić information content (AvgIpc) is 3.02. The van der Waals surface area contributed by atoms with E-state index in [1.54, 1.807) is 11.8 Å². The molecular formula is C24H28N4O5S. The fourth-order valence-electron chi connectivity index (χ4n) is 4.35. The molecule has 10 heteroatoms. The molecule has 0 bridgehead atoms. The number of nitrogens with zero attached hydrogens (tertiary/aromatic N) is 3. The third-order valence-electron chi connectivity index (χ3n) is 6.43. The van der Waals surface area contributed by atoms with Crippen LogP contribution in [0.25, 0.3) is 0 Å². The maximum atomic E-state index is 13.2. The number of sulfone groups is 1. The molecule has 2 aromatic rings. The first kappa shape index (κ1) is 23.7. The number of amides is 4. The molecule has 0 aromatic heterocycles. The van der Waals surface area contributed by atoms with Gasteiger partial charge in [-0.25, -0.2) is 13.2 Å². The average molecular weight is 485 g/mol. The summed E-state index contributed by atoms with van der Waals surface area (Å²) < 4.78 is 23.4. The maximum absolute atomic E-state index is 13.2. The van der Waals surface area contributed by atoms with Gasteiger partial charge in [0.1, 0.15) is 12.1 Å². The number of anilines is 1. The van der Waals surface area contributed by atoms with Gasteiger partial charge in [-0.15, -0.1) is 0 Å². The zero-order valence-electron chi connectivity index (χ0n) is 19.4. The Kier molecular flexibility index (Phi) is 6.11. The molecular weight excluding hydrogens is 456 g/mol. The molecule has 0 spiro atoms. The van der Waals surface area contributed by atoms with Gasteiger partial charge in [0.05, 0.1) is 4.90 Å². The first-order valence-electron chi connectivity index (χ1n) is 11.0. The molecule has 2 aliphatic rings. The van der Waals surface area contributed by atoms with Gasteiger partial charge in [-0.05, 0) is 49.2 Å². The van der Waals surface area contributed by atoms with Crippen LogP contribution < -0.4 is 10.2 Å². The molecule has 1 N–H and O–H groups in total. The Morgan fingerprint density at radius 1 is 1.03 bits per heavy atom. The second kappa shape index (κ2) is 8.75. The van der Waals surface area contributed by atoms with Gasteiger partial charge < -0.3 is 15.1 Å². The van der Waals surface area contributed by atoms with Crippen LogP contribution in [0.1, 0.15) is 18.1 Å². The lowest BCUT2D eigenvalue weighted by Crippen LogP contribution is -2.52. The van der Waals surface area contributed by atoms with Crippen molar-refractivity contribution in [2.75, 3.05) is 43.9 Å². The van der Waals surface area contributed by atoms with Gasteiger partial charge in [0.25, 0.3) is 5.91 Å². The van der Waals surface area contributed by atoms with E-state index in [-0.39, 0.29) is 17.3 Å². The molecule has 0 saturated carbocycles. The first-order chi connectivity index (χ1) is 16.0. The summed E-state index contributed by atoms with van der Waals surface area (Å²) >= 11 is 0. The SMILES string of the molecule is Cc1cccc(N2CCN(C(=O)CN3C(=O)NC(C)(c4ccc(S(C)(=O)=O)cc4)C3=O)CC2)c1. The normalized spacial score (nSPS) is 21.1. The number of piperazine rings is 1. The zero-order chi connectivity index (χ0) is 24.7. The molecule has 2 fully saturated rings. The van der Waals surface area contributed by atoms with Crippen LogP contribution in [0.3, 0.4) is 0 Å². The van der Waals surface area contributed by atoms with Crippen molar-refractivity contribution in [3.05, 3.63) is 59.7 Å². The summed E-state index contributed by atoms with van der Waals surface area (Å²) in [5, 5.41) is 2.66. The maximum Gasteiger partial charge on any atom is 0.325 e. The summed E-state index contributed by atoms with van der Waals surface area (Å²) in [5.41, 5.74) is 1.35. The van der Waals surface area contributed by atoms with Crippen molar-refractivity contribution < 1.29 is 22.8 Å². The van der Waals surface area contributed by atoms with Crippen molar-refractivity contribution in [3.63, 3.8) is 0 Å².